The first-order valence-corrected chi connectivity index (χ1v) is 6.47. The minimum Gasteiger partial charge on any atom is -0.325 e. The molecular weight excluding hydrogens is 228 g/mol. The molecule has 5 nitrogen and oxygen atoms in total. The molecule has 1 rings (SSSR count). The Morgan fingerprint density at radius 1 is 1.25 bits per heavy atom. The summed E-state index contributed by atoms with van der Waals surface area (Å²) in [5.74, 6) is -0.260. The van der Waals surface area contributed by atoms with Gasteiger partial charge >= 0.3 is 0 Å². The van der Waals surface area contributed by atoms with Gasteiger partial charge in [-0.05, 0) is 19.1 Å². The summed E-state index contributed by atoms with van der Waals surface area (Å²) in [5.41, 5.74) is 0.826. The number of carbonyl (C=O) groups excluding carboxylic acids is 1. The van der Waals surface area contributed by atoms with Crippen molar-refractivity contribution in [3.8, 4) is 0 Å². The first-order valence-electron chi connectivity index (χ1n) is 4.81. The van der Waals surface area contributed by atoms with Gasteiger partial charge in [-0.25, -0.2) is 8.42 Å². The fourth-order valence-electron chi connectivity index (χ4n) is 1.11. The molecular formula is C10H14N2O3S. The van der Waals surface area contributed by atoms with Crippen molar-refractivity contribution in [2.45, 2.75) is 13.8 Å². The number of carbonyl (C=O) groups is 1. The minimum absolute atomic E-state index is 0.0125. The highest BCUT2D eigenvalue weighted by molar-refractivity contribution is 7.92. The van der Waals surface area contributed by atoms with Crippen LogP contribution < -0.4 is 10.0 Å². The molecule has 0 bridgehead atoms. The highest BCUT2D eigenvalue weighted by Crippen LogP contribution is 2.21. The van der Waals surface area contributed by atoms with Gasteiger partial charge < -0.3 is 5.32 Å². The fourth-order valence-corrected chi connectivity index (χ4v) is 1.77. The van der Waals surface area contributed by atoms with Crippen molar-refractivity contribution in [2.24, 2.45) is 0 Å². The highest BCUT2D eigenvalue weighted by Gasteiger charge is 2.10. The van der Waals surface area contributed by atoms with E-state index in [9.17, 15) is 13.2 Å². The monoisotopic (exact) mass is 242 g/mol. The second kappa shape index (κ2) is 4.98. The SMILES string of the molecule is CCS(=O)(=O)Nc1ccccc1NC(C)=O. The first kappa shape index (κ1) is 12.5. The lowest BCUT2D eigenvalue weighted by Crippen LogP contribution is -2.16. The smallest absolute Gasteiger partial charge is 0.232 e. The maximum atomic E-state index is 11.4. The number of hydrogen-bond donors (Lipinski definition) is 2. The molecule has 0 saturated heterocycles. The van der Waals surface area contributed by atoms with Crippen LogP contribution in [-0.2, 0) is 14.8 Å². The summed E-state index contributed by atoms with van der Waals surface area (Å²) in [6.07, 6.45) is 0. The van der Waals surface area contributed by atoms with E-state index in [0.29, 0.717) is 11.4 Å². The predicted molar refractivity (Wildman–Crippen MR) is 63.8 cm³/mol. The maximum Gasteiger partial charge on any atom is 0.232 e. The zero-order valence-corrected chi connectivity index (χ0v) is 9.97. The van der Waals surface area contributed by atoms with Gasteiger partial charge in [0.1, 0.15) is 0 Å². The van der Waals surface area contributed by atoms with Crippen LogP contribution in [-0.4, -0.2) is 20.1 Å². The molecule has 0 aromatic heterocycles. The van der Waals surface area contributed by atoms with E-state index in [1.165, 1.54) is 6.92 Å². The third-order valence-corrected chi connectivity index (χ3v) is 3.17. The second-order valence-corrected chi connectivity index (χ2v) is 5.24. The summed E-state index contributed by atoms with van der Waals surface area (Å²) in [5, 5.41) is 2.55. The molecule has 6 heteroatoms. The van der Waals surface area contributed by atoms with Crippen LogP contribution in [0.15, 0.2) is 24.3 Å². The average molecular weight is 242 g/mol. The Labute approximate surface area is 94.9 Å². The Kier molecular flexibility index (Phi) is 3.89. The number of hydrogen-bond acceptors (Lipinski definition) is 3. The number of amides is 1. The average Bonchev–Trinajstić information content (AvgIpc) is 2.20. The number of rotatable bonds is 4. The third kappa shape index (κ3) is 3.54. The molecule has 0 heterocycles. The van der Waals surface area contributed by atoms with Crippen molar-refractivity contribution in [3.63, 3.8) is 0 Å². The molecule has 88 valence electrons. The quantitative estimate of drug-likeness (QED) is 0.838. The van der Waals surface area contributed by atoms with E-state index in [4.69, 9.17) is 0 Å². The Morgan fingerprint density at radius 2 is 1.81 bits per heavy atom. The summed E-state index contributed by atoms with van der Waals surface area (Å²) >= 11 is 0. The molecule has 16 heavy (non-hydrogen) atoms. The number of anilines is 2. The van der Waals surface area contributed by atoms with Gasteiger partial charge in [0.05, 0.1) is 17.1 Å². The van der Waals surface area contributed by atoms with Gasteiger partial charge in [-0.1, -0.05) is 12.1 Å². The van der Waals surface area contributed by atoms with Gasteiger partial charge in [0.2, 0.25) is 15.9 Å². The van der Waals surface area contributed by atoms with E-state index in [-0.39, 0.29) is 11.7 Å². The highest BCUT2D eigenvalue weighted by atomic mass is 32.2. The van der Waals surface area contributed by atoms with Crippen LogP contribution in [0.1, 0.15) is 13.8 Å². The second-order valence-electron chi connectivity index (χ2n) is 3.23. The normalized spacial score (nSPS) is 10.9. The molecule has 2 N–H and O–H groups in total. The van der Waals surface area contributed by atoms with Crippen molar-refractivity contribution in [1.29, 1.82) is 0 Å². The topological polar surface area (TPSA) is 75.3 Å². The van der Waals surface area contributed by atoms with Crippen LogP contribution in [0.3, 0.4) is 0 Å². The summed E-state index contributed by atoms with van der Waals surface area (Å²) in [6, 6.07) is 6.64. The van der Waals surface area contributed by atoms with E-state index in [1.807, 2.05) is 0 Å². The molecule has 0 fully saturated rings. The molecule has 0 aliphatic heterocycles. The van der Waals surface area contributed by atoms with E-state index >= 15 is 0 Å². The van der Waals surface area contributed by atoms with Crippen LogP contribution in [0.4, 0.5) is 11.4 Å². The van der Waals surface area contributed by atoms with Gasteiger partial charge in [-0.15, -0.1) is 0 Å². The maximum absolute atomic E-state index is 11.4. The summed E-state index contributed by atoms with van der Waals surface area (Å²) in [6.45, 7) is 2.91. The summed E-state index contributed by atoms with van der Waals surface area (Å²) in [4.78, 5) is 10.9. The van der Waals surface area contributed by atoms with Gasteiger partial charge in [-0.2, -0.15) is 0 Å². The lowest BCUT2D eigenvalue weighted by molar-refractivity contribution is -0.114. The molecule has 1 aromatic carbocycles. The number of benzene rings is 1. The third-order valence-electron chi connectivity index (χ3n) is 1.88. The molecule has 0 aliphatic rings. The lowest BCUT2D eigenvalue weighted by atomic mass is 10.3. The Hall–Kier alpha value is -1.56. The van der Waals surface area contributed by atoms with Gasteiger partial charge in [0, 0.05) is 6.92 Å². The fraction of sp³-hybridized carbons (Fsp3) is 0.300. The summed E-state index contributed by atoms with van der Waals surface area (Å²) in [7, 11) is -3.33. The molecule has 0 aliphatic carbocycles. The van der Waals surface area contributed by atoms with Gasteiger partial charge in [0.25, 0.3) is 0 Å². The minimum atomic E-state index is -3.33. The summed E-state index contributed by atoms with van der Waals surface area (Å²) < 4.78 is 25.2. The van der Waals surface area contributed by atoms with Gasteiger partial charge in [0.15, 0.2) is 0 Å². The van der Waals surface area contributed by atoms with E-state index in [2.05, 4.69) is 10.0 Å². The molecule has 1 aromatic rings. The van der Waals surface area contributed by atoms with Crippen LogP contribution in [0.25, 0.3) is 0 Å². The molecule has 0 atom stereocenters. The van der Waals surface area contributed by atoms with Gasteiger partial charge in [-0.3, -0.25) is 9.52 Å². The molecule has 0 spiro atoms. The zero-order chi connectivity index (χ0) is 12.2. The predicted octanol–water partition coefficient (Wildman–Crippen LogP) is 1.41. The van der Waals surface area contributed by atoms with E-state index < -0.39 is 10.0 Å². The van der Waals surface area contributed by atoms with Crippen molar-refractivity contribution in [2.75, 3.05) is 15.8 Å². The molecule has 0 saturated carbocycles. The molecule has 0 radical (unpaired) electrons. The first-order chi connectivity index (χ1) is 7.44. The van der Waals surface area contributed by atoms with Crippen LogP contribution in [0, 0.1) is 0 Å². The number of para-hydroxylation sites is 2. The zero-order valence-electron chi connectivity index (χ0n) is 9.15. The largest absolute Gasteiger partial charge is 0.325 e. The van der Waals surface area contributed by atoms with Crippen molar-refractivity contribution >= 4 is 27.3 Å². The van der Waals surface area contributed by atoms with Crippen molar-refractivity contribution in [3.05, 3.63) is 24.3 Å². The number of sulfonamides is 1. The Balaban J connectivity index is 3.00. The Bertz CT molecular complexity index is 483. The Morgan fingerprint density at radius 3 is 2.31 bits per heavy atom. The van der Waals surface area contributed by atoms with Crippen molar-refractivity contribution in [1.82, 2.24) is 0 Å². The standard InChI is InChI=1S/C10H14N2O3S/c1-3-16(14,15)12-10-7-5-4-6-9(10)11-8(2)13/h4-7,12H,3H2,1-2H3,(H,11,13). The van der Waals surface area contributed by atoms with Crippen LogP contribution in [0.5, 0.6) is 0 Å². The van der Waals surface area contributed by atoms with E-state index in [0.717, 1.165) is 0 Å². The van der Waals surface area contributed by atoms with Crippen molar-refractivity contribution < 1.29 is 13.2 Å². The number of nitrogens with one attached hydrogen (secondary N) is 2. The lowest BCUT2D eigenvalue weighted by Gasteiger charge is -2.11. The van der Waals surface area contributed by atoms with Crippen LogP contribution >= 0.6 is 0 Å². The van der Waals surface area contributed by atoms with Crippen LogP contribution in [0.2, 0.25) is 0 Å². The van der Waals surface area contributed by atoms with E-state index in [1.54, 1.807) is 31.2 Å². The molecule has 1 amide bonds. The molecule has 0 unspecified atom stereocenters.